The van der Waals surface area contributed by atoms with E-state index in [0.717, 1.165) is 12.3 Å². The van der Waals surface area contributed by atoms with E-state index in [1.54, 1.807) is 0 Å². The van der Waals surface area contributed by atoms with Gasteiger partial charge in [0.05, 0.1) is 0 Å². The Hall–Kier alpha value is -2.41. The maximum atomic E-state index is 11.7. The Bertz CT molecular complexity index is 690. The van der Waals surface area contributed by atoms with E-state index < -0.39 is 29.7 Å². The fraction of sp³-hybridized carbons (Fsp3) is 0.167. The number of nitrogens with zero attached hydrogens (tertiary/aromatic N) is 3. The smallest absolute Gasteiger partial charge is 0.406 e. The third-order valence-corrected chi connectivity index (χ3v) is 2.16. The molecule has 2 rings (SSSR count). The number of halogens is 5. The largest absolute Gasteiger partial charge is 0.431 e. The van der Waals surface area contributed by atoms with Gasteiger partial charge in [-0.05, 0) is 34.2 Å². The molecule has 27 heavy (non-hydrogen) atoms. The van der Waals surface area contributed by atoms with Crippen LogP contribution in [0.3, 0.4) is 0 Å². The summed E-state index contributed by atoms with van der Waals surface area (Å²) in [7, 11) is 0. The molecular weight excluding hydrogens is 445 g/mol. The van der Waals surface area contributed by atoms with E-state index >= 15 is 0 Å². The third kappa shape index (κ3) is 11.0. The normalized spacial score (nSPS) is 8.96. The number of pyridine rings is 2. The summed E-state index contributed by atoms with van der Waals surface area (Å²) in [5.74, 6) is -1.39. The molecule has 0 atom stereocenters. The first-order valence-corrected chi connectivity index (χ1v) is 6.00. The van der Waals surface area contributed by atoms with Gasteiger partial charge in [-0.25, -0.2) is 4.98 Å². The molecule has 2 aromatic heterocycles. The maximum absolute atomic E-state index is 11.7. The molecule has 0 amide bonds. The van der Waals surface area contributed by atoms with Gasteiger partial charge >= 0.3 is 19.0 Å². The van der Waals surface area contributed by atoms with Crippen LogP contribution in [-0.2, 0) is 17.1 Å². The Morgan fingerprint density at radius 3 is 1.89 bits per heavy atom. The second-order valence-electron chi connectivity index (χ2n) is 3.73. The predicted octanol–water partition coefficient (Wildman–Crippen LogP) is 3.44. The van der Waals surface area contributed by atoms with Crippen LogP contribution in [0.4, 0.5) is 29.2 Å². The van der Waals surface area contributed by atoms with E-state index in [-0.39, 0.29) is 47.2 Å². The van der Waals surface area contributed by atoms with Gasteiger partial charge in [-0.15, -0.1) is 12.4 Å². The standard InChI is InChI=1S/C6H4F2N2O3.C6H6F2N2O.ClH.Fe.H3N/c7-6(8)13-4-2-1-3-9-5(4)10(11)12;7-6(8)11-4-2-1-3-10-5(4)9;;;/h1-3,6H;1-3,6H,(H2,9,10);1H;;1H3. The van der Waals surface area contributed by atoms with E-state index in [4.69, 9.17) is 5.73 Å². The summed E-state index contributed by atoms with van der Waals surface area (Å²) in [4.78, 5) is 16.2. The van der Waals surface area contributed by atoms with Crippen LogP contribution in [0.15, 0.2) is 36.7 Å². The molecule has 0 aliphatic heterocycles. The van der Waals surface area contributed by atoms with Crippen molar-refractivity contribution >= 4 is 24.0 Å². The van der Waals surface area contributed by atoms with Crippen molar-refractivity contribution in [2.75, 3.05) is 5.73 Å². The minimum atomic E-state index is -3.09. The van der Waals surface area contributed by atoms with Crippen LogP contribution in [0.1, 0.15) is 0 Å². The number of anilines is 1. The second-order valence-corrected chi connectivity index (χ2v) is 3.73. The first-order valence-electron chi connectivity index (χ1n) is 6.00. The molecule has 5 N–H and O–H groups in total. The van der Waals surface area contributed by atoms with Crippen molar-refractivity contribution in [1.82, 2.24) is 16.1 Å². The third-order valence-electron chi connectivity index (χ3n) is 2.16. The van der Waals surface area contributed by atoms with Crippen molar-refractivity contribution in [2.45, 2.75) is 13.2 Å². The Balaban J connectivity index is -0.000000388. The number of hydrogen-bond acceptors (Lipinski definition) is 8. The topological polar surface area (TPSA) is 148 Å². The van der Waals surface area contributed by atoms with Crippen molar-refractivity contribution in [1.29, 1.82) is 0 Å². The first-order chi connectivity index (χ1) is 11.3. The molecule has 0 spiro atoms. The van der Waals surface area contributed by atoms with Gasteiger partial charge in [-0.2, -0.15) is 17.6 Å². The molecule has 0 aliphatic rings. The number of ether oxygens (including phenoxy) is 2. The Morgan fingerprint density at radius 1 is 1.00 bits per heavy atom. The summed E-state index contributed by atoms with van der Waals surface area (Å²) in [6.07, 6.45) is 2.52. The second kappa shape index (κ2) is 14.7. The first kappa shape index (κ1) is 29.4. The zero-order chi connectivity index (χ0) is 18.1. The number of hydrogen-bond donors (Lipinski definition) is 2. The summed E-state index contributed by atoms with van der Waals surface area (Å²) >= 11 is 0. The Kier molecular flexibility index (Phi) is 16.0. The monoisotopic (exact) mass is 459 g/mol. The molecule has 15 heteroatoms. The molecule has 0 bridgehead atoms. The van der Waals surface area contributed by atoms with Gasteiger partial charge in [-0.3, -0.25) is 0 Å². The van der Waals surface area contributed by atoms with Crippen molar-refractivity contribution in [2.24, 2.45) is 0 Å². The molecular formula is C12H14ClF4FeN5O4. The van der Waals surface area contributed by atoms with Gasteiger partial charge < -0.3 is 31.5 Å². The molecule has 2 aromatic rings. The van der Waals surface area contributed by atoms with Gasteiger partial charge in [-0.1, -0.05) is 0 Å². The van der Waals surface area contributed by atoms with E-state index in [9.17, 15) is 27.7 Å². The molecule has 0 saturated heterocycles. The minimum absolute atomic E-state index is 0. The summed E-state index contributed by atoms with van der Waals surface area (Å²) in [5, 5.41) is 10.2. The fourth-order valence-electron chi connectivity index (χ4n) is 1.31. The quantitative estimate of drug-likeness (QED) is 0.299. The van der Waals surface area contributed by atoms with E-state index in [1.165, 1.54) is 24.4 Å². The van der Waals surface area contributed by atoms with Crippen LogP contribution in [0.25, 0.3) is 0 Å². The molecule has 0 aromatic carbocycles. The number of nitro groups is 1. The summed E-state index contributed by atoms with van der Waals surface area (Å²) in [5.41, 5.74) is 5.20. The molecule has 2 heterocycles. The molecule has 154 valence electrons. The van der Waals surface area contributed by atoms with Gasteiger partial charge in [0.15, 0.2) is 11.6 Å². The number of nitrogen functional groups attached to an aromatic ring is 1. The molecule has 0 saturated carbocycles. The van der Waals surface area contributed by atoms with Crippen LogP contribution in [-0.4, -0.2) is 28.1 Å². The van der Waals surface area contributed by atoms with Crippen LogP contribution in [0.2, 0.25) is 0 Å². The van der Waals surface area contributed by atoms with Gasteiger partial charge in [0.2, 0.25) is 5.75 Å². The average Bonchev–Trinajstić information content (AvgIpc) is 2.49. The number of nitrogens with two attached hydrogens (primary N) is 1. The zero-order valence-corrected chi connectivity index (χ0v) is 15.1. The minimum Gasteiger partial charge on any atom is -0.431 e. The summed E-state index contributed by atoms with van der Waals surface area (Å²) in [6, 6.07) is 5.12. The molecule has 0 fully saturated rings. The molecule has 0 aliphatic carbocycles. The van der Waals surface area contributed by atoms with Crippen molar-refractivity contribution in [3.8, 4) is 11.5 Å². The number of alkyl halides is 4. The van der Waals surface area contributed by atoms with Crippen LogP contribution >= 0.6 is 12.4 Å². The van der Waals surface area contributed by atoms with Gasteiger partial charge in [0, 0.05) is 23.3 Å². The SMILES string of the molecule is Cl.N.Nc1ncccc1OC(F)F.O=[N+]([O-])c1ncccc1OC(F)F.[Fe]. The number of aromatic nitrogens is 2. The summed E-state index contributed by atoms with van der Waals surface area (Å²) in [6.45, 7) is -5.95. The molecule has 9 nitrogen and oxygen atoms in total. The number of rotatable bonds is 5. The molecule has 0 radical (unpaired) electrons. The van der Waals surface area contributed by atoms with E-state index in [2.05, 4.69) is 19.4 Å². The van der Waals surface area contributed by atoms with E-state index in [1.807, 2.05) is 0 Å². The fourth-order valence-corrected chi connectivity index (χ4v) is 1.31. The van der Waals surface area contributed by atoms with Crippen LogP contribution in [0.5, 0.6) is 11.5 Å². The Labute approximate surface area is 166 Å². The van der Waals surface area contributed by atoms with Crippen molar-refractivity contribution in [3.05, 3.63) is 46.8 Å². The van der Waals surface area contributed by atoms with Gasteiger partial charge in [0.25, 0.3) is 0 Å². The zero-order valence-electron chi connectivity index (χ0n) is 13.2. The predicted molar refractivity (Wildman–Crippen MR) is 85.1 cm³/mol. The maximum Gasteiger partial charge on any atom is 0.406 e. The van der Waals surface area contributed by atoms with Crippen LogP contribution in [0, 0.1) is 10.1 Å². The van der Waals surface area contributed by atoms with Crippen LogP contribution < -0.4 is 21.4 Å². The van der Waals surface area contributed by atoms with Crippen molar-refractivity contribution in [3.63, 3.8) is 0 Å². The molecule has 0 unspecified atom stereocenters. The van der Waals surface area contributed by atoms with Gasteiger partial charge in [0.1, 0.15) is 6.20 Å². The van der Waals surface area contributed by atoms with Crippen molar-refractivity contribution < 1.29 is 49.0 Å². The summed E-state index contributed by atoms with van der Waals surface area (Å²) < 4.78 is 54.5. The average molecular weight is 460 g/mol. The Morgan fingerprint density at radius 2 is 1.44 bits per heavy atom. The van der Waals surface area contributed by atoms with E-state index in [0.29, 0.717) is 0 Å².